The summed E-state index contributed by atoms with van der Waals surface area (Å²) in [7, 11) is -1.29. The topological polar surface area (TPSA) is 99.4 Å². The van der Waals surface area contributed by atoms with E-state index in [1.54, 1.807) is 4.57 Å². The highest BCUT2D eigenvalue weighted by Crippen LogP contribution is 2.35. The lowest BCUT2D eigenvalue weighted by Crippen LogP contribution is -2.27. The van der Waals surface area contributed by atoms with Gasteiger partial charge in [0.1, 0.15) is 18.0 Å². The molecule has 0 fully saturated rings. The van der Waals surface area contributed by atoms with Gasteiger partial charge >= 0.3 is 12.1 Å². The number of anilines is 2. The smallest absolute Gasteiger partial charge is 0.419 e. The average molecular weight is 688 g/mol. The molecule has 2 aromatic heterocycles. The van der Waals surface area contributed by atoms with E-state index in [0.717, 1.165) is 50.2 Å². The quantitative estimate of drug-likeness (QED) is 0.116. The van der Waals surface area contributed by atoms with Gasteiger partial charge in [-0.2, -0.15) is 5.10 Å². The van der Waals surface area contributed by atoms with Crippen molar-refractivity contribution in [2.75, 3.05) is 17.2 Å². The van der Waals surface area contributed by atoms with Crippen LogP contribution in [0.2, 0.25) is 25.7 Å². The minimum absolute atomic E-state index is 0.274. The van der Waals surface area contributed by atoms with Crippen molar-refractivity contribution in [2.45, 2.75) is 65.7 Å². The number of nitrogens with one attached hydrogen (secondary N) is 2. The molecule has 2 heterocycles. The zero-order valence-corrected chi connectivity index (χ0v) is 30.8. The third-order valence-corrected chi connectivity index (χ3v) is 9.95. The van der Waals surface area contributed by atoms with E-state index in [4.69, 9.17) is 14.6 Å². The highest BCUT2D eigenvalue weighted by molar-refractivity contribution is 6.76. The SMILES string of the molecule is Cc1cccc(NC(=O)Nc2ccc(-c3ccc4c(-c5cc6ccccc6n5C(=O)OC(C)(C)C)nn(COCC[Si](C)(C)C)c4c3)cc2)c1. The van der Waals surface area contributed by atoms with Crippen LogP contribution in [-0.2, 0) is 16.2 Å². The third kappa shape index (κ3) is 8.15. The summed E-state index contributed by atoms with van der Waals surface area (Å²) in [5.74, 6) is 0. The molecule has 0 aliphatic heterocycles. The first-order valence-electron chi connectivity index (χ1n) is 16.9. The minimum atomic E-state index is -1.29. The molecule has 0 saturated carbocycles. The zero-order valence-electron chi connectivity index (χ0n) is 29.8. The van der Waals surface area contributed by atoms with Crippen molar-refractivity contribution >= 4 is 53.4 Å². The molecule has 0 radical (unpaired) electrons. The summed E-state index contributed by atoms with van der Waals surface area (Å²) in [5.41, 5.74) is 6.73. The van der Waals surface area contributed by atoms with Crippen molar-refractivity contribution in [2.24, 2.45) is 0 Å². The monoisotopic (exact) mass is 687 g/mol. The van der Waals surface area contributed by atoms with Gasteiger partial charge in [-0.15, -0.1) is 0 Å². The molecule has 0 bridgehead atoms. The van der Waals surface area contributed by atoms with Gasteiger partial charge in [0.2, 0.25) is 0 Å². The van der Waals surface area contributed by atoms with Gasteiger partial charge < -0.3 is 20.1 Å². The van der Waals surface area contributed by atoms with Crippen LogP contribution in [-0.4, -0.2) is 46.8 Å². The molecular weight excluding hydrogens is 643 g/mol. The Morgan fingerprint density at radius 3 is 2.24 bits per heavy atom. The van der Waals surface area contributed by atoms with Gasteiger partial charge in [-0.1, -0.05) is 68.2 Å². The van der Waals surface area contributed by atoms with Crippen molar-refractivity contribution in [3.8, 4) is 22.5 Å². The Labute approximate surface area is 294 Å². The summed E-state index contributed by atoms with van der Waals surface area (Å²) in [4.78, 5) is 26.3. The number of aryl methyl sites for hydroxylation is 1. The predicted octanol–water partition coefficient (Wildman–Crippen LogP) is 10.4. The van der Waals surface area contributed by atoms with Gasteiger partial charge in [-0.25, -0.2) is 18.8 Å². The number of hydrogen-bond acceptors (Lipinski definition) is 5. The van der Waals surface area contributed by atoms with Crippen LogP contribution in [0.3, 0.4) is 0 Å². The number of amides is 2. The van der Waals surface area contributed by atoms with Gasteiger partial charge in [-0.05, 0) is 99.0 Å². The van der Waals surface area contributed by atoms with Gasteiger partial charge in [0.05, 0.1) is 16.7 Å². The third-order valence-electron chi connectivity index (χ3n) is 8.24. The maximum atomic E-state index is 13.7. The van der Waals surface area contributed by atoms with Crippen molar-refractivity contribution in [3.05, 3.63) is 103 Å². The van der Waals surface area contributed by atoms with E-state index in [0.29, 0.717) is 23.7 Å². The molecule has 0 unspecified atom stereocenters. The lowest BCUT2D eigenvalue weighted by atomic mass is 10.0. The second-order valence-electron chi connectivity index (χ2n) is 14.9. The highest BCUT2D eigenvalue weighted by atomic mass is 28.3. The van der Waals surface area contributed by atoms with Crippen LogP contribution in [0.4, 0.5) is 21.0 Å². The number of nitrogens with zero attached hydrogens (tertiary/aromatic N) is 3. The Balaban J connectivity index is 1.34. The molecule has 0 saturated heterocycles. The summed E-state index contributed by atoms with van der Waals surface area (Å²) in [6.07, 6.45) is -0.458. The van der Waals surface area contributed by atoms with E-state index in [1.165, 1.54) is 0 Å². The number of fused-ring (bicyclic) bond motifs is 2. The molecule has 2 N–H and O–H groups in total. The Hall–Kier alpha value is -5.19. The number of benzene rings is 4. The Morgan fingerprint density at radius 2 is 1.52 bits per heavy atom. The number of para-hydroxylation sites is 1. The standard InChI is InChI=1S/C40H45N5O4Si/c1-27-11-10-13-32(23-27)42-38(46)41-31-18-15-28(16-19-31)29-17-20-33-35(24-29)44(26-48-21-22-50(5,6)7)43-37(33)36-25-30-12-8-9-14-34(30)45(36)39(47)49-40(2,3)4/h8-20,23-25H,21-22,26H2,1-7H3,(H2,41,42,46). The van der Waals surface area contributed by atoms with Gasteiger partial charge in [0, 0.05) is 36.8 Å². The zero-order chi connectivity index (χ0) is 35.6. The maximum Gasteiger partial charge on any atom is 0.419 e. The number of ether oxygens (including phenoxy) is 2. The first kappa shape index (κ1) is 34.7. The van der Waals surface area contributed by atoms with Crippen molar-refractivity contribution < 1.29 is 19.1 Å². The first-order chi connectivity index (χ1) is 23.7. The largest absolute Gasteiger partial charge is 0.443 e. The molecule has 6 rings (SSSR count). The molecule has 0 atom stereocenters. The summed E-state index contributed by atoms with van der Waals surface area (Å²) in [6, 6.07) is 32.1. The molecule has 0 spiro atoms. The Bertz CT molecular complexity index is 2170. The normalized spacial score (nSPS) is 12.0. The second-order valence-corrected chi connectivity index (χ2v) is 20.5. The molecule has 258 valence electrons. The van der Waals surface area contributed by atoms with Crippen LogP contribution in [0.1, 0.15) is 26.3 Å². The summed E-state index contributed by atoms with van der Waals surface area (Å²) in [5, 5.41) is 12.7. The van der Waals surface area contributed by atoms with Gasteiger partial charge in [-0.3, -0.25) is 0 Å². The number of aromatic nitrogens is 3. The molecule has 6 aromatic rings. The molecule has 9 nitrogen and oxygen atoms in total. The highest BCUT2D eigenvalue weighted by Gasteiger charge is 2.26. The lowest BCUT2D eigenvalue weighted by molar-refractivity contribution is 0.0547. The van der Waals surface area contributed by atoms with E-state index in [1.807, 2.05) is 117 Å². The summed E-state index contributed by atoms with van der Waals surface area (Å²) < 4.78 is 15.6. The second kappa shape index (κ2) is 14.0. The van der Waals surface area contributed by atoms with Crippen molar-refractivity contribution in [1.82, 2.24) is 14.3 Å². The van der Waals surface area contributed by atoms with Gasteiger partial charge in [0.15, 0.2) is 0 Å². The van der Waals surface area contributed by atoms with Crippen LogP contribution < -0.4 is 10.6 Å². The van der Waals surface area contributed by atoms with E-state index in [9.17, 15) is 9.59 Å². The van der Waals surface area contributed by atoms with Crippen LogP contribution in [0, 0.1) is 6.92 Å². The number of rotatable bonds is 9. The van der Waals surface area contributed by atoms with Crippen LogP contribution >= 0.6 is 0 Å². The molecule has 4 aromatic carbocycles. The van der Waals surface area contributed by atoms with E-state index >= 15 is 0 Å². The minimum Gasteiger partial charge on any atom is -0.443 e. The number of urea groups is 1. The number of hydrogen-bond donors (Lipinski definition) is 2. The average Bonchev–Trinajstić information content (AvgIpc) is 3.60. The fourth-order valence-corrected chi connectivity index (χ4v) is 6.52. The van der Waals surface area contributed by atoms with Crippen molar-refractivity contribution in [3.63, 3.8) is 0 Å². The molecular formula is C40H45N5O4Si. The summed E-state index contributed by atoms with van der Waals surface area (Å²) in [6.45, 7) is 15.5. The molecule has 10 heteroatoms. The van der Waals surface area contributed by atoms with E-state index in [2.05, 4.69) is 42.4 Å². The Morgan fingerprint density at radius 1 is 0.800 bits per heavy atom. The number of carbonyl (C=O) groups excluding carboxylic acids is 2. The molecule has 0 aliphatic carbocycles. The van der Waals surface area contributed by atoms with Crippen LogP contribution in [0.25, 0.3) is 44.3 Å². The fourth-order valence-electron chi connectivity index (χ4n) is 5.77. The Kier molecular flexibility index (Phi) is 9.68. The van der Waals surface area contributed by atoms with Gasteiger partial charge in [0.25, 0.3) is 0 Å². The molecule has 2 amide bonds. The predicted molar refractivity (Wildman–Crippen MR) is 206 cm³/mol. The lowest BCUT2D eigenvalue weighted by Gasteiger charge is -2.20. The summed E-state index contributed by atoms with van der Waals surface area (Å²) >= 11 is 0. The van der Waals surface area contributed by atoms with Crippen LogP contribution in [0.5, 0.6) is 0 Å². The number of carbonyl (C=O) groups is 2. The fraction of sp³-hybridized carbons (Fsp3) is 0.275. The van der Waals surface area contributed by atoms with E-state index < -0.39 is 19.8 Å². The van der Waals surface area contributed by atoms with E-state index in [-0.39, 0.29) is 12.8 Å². The van der Waals surface area contributed by atoms with Crippen molar-refractivity contribution in [1.29, 1.82) is 0 Å². The first-order valence-corrected chi connectivity index (χ1v) is 20.6. The molecule has 50 heavy (non-hydrogen) atoms. The van der Waals surface area contributed by atoms with Crippen LogP contribution in [0.15, 0.2) is 97.1 Å². The maximum absolute atomic E-state index is 13.7. The molecule has 0 aliphatic rings.